The van der Waals surface area contributed by atoms with Crippen LogP contribution < -0.4 is 10.6 Å². The van der Waals surface area contributed by atoms with Gasteiger partial charge in [-0.1, -0.05) is 24.3 Å². The summed E-state index contributed by atoms with van der Waals surface area (Å²) >= 11 is 0. The minimum Gasteiger partial charge on any atom is -0.450 e. The molecule has 2 saturated heterocycles. The van der Waals surface area contributed by atoms with E-state index >= 15 is 0 Å². The van der Waals surface area contributed by atoms with Crippen LogP contribution in [0.5, 0.6) is 0 Å². The monoisotopic (exact) mass is 415 g/mol. The van der Waals surface area contributed by atoms with Gasteiger partial charge < -0.3 is 25.2 Å². The molecule has 0 unspecified atom stereocenters. The second-order valence-electron chi connectivity index (χ2n) is 7.77. The summed E-state index contributed by atoms with van der Waals surface area (Å²) in [5.74, 6) is 1.01. The predicted octanol–water partition coefficient (Wildman–Crippen LogP) is 2.09. The summed E-state index contributed by atoms with van der Waals surface area (Å²) in [6.45, 7) is 5.84. The molecule has 164 valence electrons. The zero-order valence-electron chi connectivity index (χ0n) is 18.0. The second kappa shape index (κ2) is 10.8. The Kier molecular flexibility index (Phi) is 7.93. The van der Waals surface area contributed by atoms with Crippen LogP contribution in [0.25, 0.3) is 0 Å². The van der Waals surface area contributed by atoms with Crippen LogP contribution in [0.1, 0.15) is 43.7 Å². The zero-order valence-corrected chi connectivity index (χ0v) is 18.0. The minimum absolute atomic E-state index is 0.226. The first-order valence-corrected chi connectivity index (χ1v) is 10.8. The largest absolute Gasteiger partial charge is 0.450 e. The van der Waals surface area contributed by atoms with Crippen molar-refractivity contribution in [1.29, 1.82) is 0 Å². The normalized spacial score (nSPS) is 17.9. The van der Waals surface area contributed by atoms with Gasteiger partial charge in [0.1, 0.15) is 0 Å². The molecule has 0 aromatic heterocycles. The van der Waals surface area contributed by atoms with Crippen molar-refractivity contribution < 1.29 is 14.3 Å². The van der Waals surface area contributed by atoms with Crippen molar-refractivity contribution >= 4 is 18.0 Å². The minimum atomic E-state index is -0.226. The number of guanidine groups is 1. The van der Waals surface area contributed by atoms with Crippen molar-refractivity contribution in [3.05, 3.63) is 35.4 Å². The Morgan fingerprint density at radius 1 is 1.17 bits per heavy atom. The Bertz CT molecular complexity index is 742. The fourth-order valence-corrected chi connectivity index (χ4v) is 3.85. The van der Waals surface area contributed by atoms with Crippen LogP contribution in [0.4, 0.5) is 4.79 Å². The van der Waals surface area contributed by atoms with Gasteiger partial charge in [-0.2, -0.15) is 0 Å². The van der Waals surface area contributed by atoms with E-state index in [-0.39, 0.29) is 18.0 Å². The molecule has 2 aliphatic rings. The standard InChI is InChI=1S/C22H33N5O3/c1-3-30-22(29)26-13-10-19(11-14-26)25-21(23-2)24-15-17-6-8-18(9-7-17)16-27-12-4-5-20(27)28/h6-9,19H,3-5,10-16H2,1-2H3,(H2,23,24,25). The first kappa shape index (κ1) is 21.9. The molecule has 2 aliphatic heterocycles. The van der Waals surface area contributed by atoms with E-state index in [0.29, 0.717) is 39.2 Å². The highest BCUT2D eigenvalue weighted by atomic mass is 16.6. The highest BCUT2D eigenvalue weighted by Gasteiger charge is 2.24. The molecule has 8 heteroatoms. The molecule has 2 heterocycles. The van der Waals surface area contributed by atoms with E-state index in [0.717, 1.165) is 42.9 Å². The lowest BCUT2D eigenvalue weighted by Gasteiger charge is -2.32. The highest BCUT2D eigenvalue weighted by molar-refractivity contribution is 5.80. The van der Waals surface area contributed by atoms with E-state index in [1.54, 1.807) is 11.9 Å². The number of hydrogen-bond acceptors (Lipinski definition) is 4. The Hall–Kier alpha value is -2.77. The van der Waals surface area contributed by atoms with Gasteiger partial charge in [-0.25, -0.2) is 4.79 Å². The maximum atomic E-state index is 11.8. The number of carbonyl (C=O) groups is 2. The molecule has 0 radical (unpaired) electrons. The van der Waals surface area contributed by atoms with Gasteiger partial charge in [0, 0.05) is 52.2 Å². The Labute approximate surface area is 178 Å². The Morgan fingerprint density at radius 2 is 1.87 bits per heavy atom. The van der Waals surface area contributed by atoms with Crippen LogP contribution in [0.2, 0.25) is 0 Å². The van der Waals surface area contributed by atoms with Gasteiger partial charge in [-0.3, -0.25) is 9.79 Å². The second-order valence-corrected chi connectivity index (χ2v) is 7.77. The molecule has 0 atom stereocenters. The van der Waals surface area contributed by atoms with E-state index in [2.05, 4.69) is 39.9 Å². The molecule has 0 bridgehead atoms. The summed E-state index contributed by atoms with van der Waals surface area (Å²) in [5, 5.41) is 6.80. The summed E-state index contributed by atoms with van der Waals surface area (Å²) in [7, 11) is 1.76. The van der Waals surface area contributed by atoms with E-state index < -0.39 is 0 Å². The number of rotatable bonds is 6. The molecule has 0 saturated carbocycles. The van der Waals surface area contributed by atoms with Crippen molar-refractivity contribution in [2.75, 3.05) is 33.3 Å². The zero-order chi connectivity index (χ0) is 21.3. The molecule has 1 aromatic rings. The molecule has 0 aliphatic carbocycles. The van der Waals surface area contributed by atoms with Crippen molar-refractivity contribution in [3.8, 4) is 0 Å². The molecule has 30 heavy (non-hydrogen) atoms. The third-order valence-corrected chi connectivity index (χ3v) is 5.61. The van der Waals surface area contributed by atoms with Crippen LogP contribution in [0.15, 0.2) is 29.3 Å². The average Bonchev–Trinajstić information content (AvgIpc) is 3.17. The Morgan fingerprint density at radius 3 is 2.47 bits per heavy atom. The summed E-state index contributed by atoms with van der Waals surface area (Å²) in [4.78, 5) is 31.6. The molecule has 8 nitrogen and oxygen atoms in total. The predicted molar refractivity (Wildman–Crippen MR) is 116 cm³/mol. The van der Waals surface area contributed by atoms with Gasteiger partial charge in [0.15, 0.2) is 5.96 Å². The van der Waals surface area contributed by atoms with E-state index in [1.165, 1.54) is 0 Å². The van der Waals surface area contributed by atoms with Gasteiger partial charge in [0.25, 0.3) is 0 Å². The highest BCUT2D eigenvalue weighted by Crippen LogP contribution is 2.15. The number of amides is 2. The summed E-state index contributed by atoms with van der Waals surface area (Å²) in [6, 6.07) is 8.64. The number of benzene rings is 1. The summed E-state index contributed by atoms with van der Waals surface area (Å²) < 4.78 is 5.07. The molecule has 0 spiro atoms. The first-order valence-electron chi connectivity index (χ1n) is 10.8. The summed E-state index contributed by atoms with van der Waals surface area (Å²) in [5.41, 5.74) is 2.32. The van der Waals surface area contributed by atoms with Crippen molar-refractivity contribution in [3.63, 3.8) is 0 Å². The van der Waals surface area contributed by atoms with Crippen LogP contribution in [-0.4, -0.2) is 67.1 Å². The number of carbonyl (C=O) groups excluding carboxylic acids is 2. The number of hydrogen-bond donors (Lipinski definition) is 2. The van der Waals surface area contributed by atoms with Crippen molar-refractivity contribution in [2.24, 2.45) is 4.99 Å². The number of aliphatic imine (C=N–C) groups is 1. The van der Waals surface area contributed by atoms with Crippen LogP contribution >= 0.6 is 0 Å². The van der Waals surface area contributed by atoms with Crippen molar-refractivity contribution in [1.82, 2.24) is 20.4 Å². The molecular formula is C22H33N5O3. The van der Waals surface area contributed by atoms with Gasteiger partial charge in [0.2, 0.25) is 5.91 Å². The van der Waals surface area contributed by atoms with Gasteiger partial charge >= 0.3 is 6.09 Å². The fraction of sp³-hybridized carbons (Fsp3) is 0.591. The molecule has 3 rings (SSSR count). The molecule has 2 N–H and O–H groups in total. The van der Waals surface area contributed by atoms with Gasteiger partial charge in [-0.05, 0) is 37.3 Å². The number of nitrogens with zero attached hydrogens (tertiary/aromatic N) is 3. The van der Waals surface area contributed by atoms with E-state index in [4.69, 9.17) is 4.74 Å². The number of piperidine rings is 1. The fourth-order valence-electron chi connectivity index (χ4n) is 3.85. The quantitative estimate of drug-likeness (QED) is 0.549. The van der Waals surface area contributed by atoms with Gasteiger partial charge in [0.05, 0.1) is 6.61 Å². The lowest BCUT2D eigenvalue weighted by atomic mass is 10.1. The van der Waals surface area contributed by atoms with Gasteiger partial charge in [-0.15, -0.1) is 0 Å². The molecule has 2 fully saturated rings. The third kappa shape index (κ3) is 6.11. The average molecular weight is 416 g/mol. The van der Waals surface area contributed by atoms with Crippen LogP contribution in [0, 0.1) is 0 Å². The third-order valence-electron chi connectivity index (χ3n) is 5.61. The molecule has 2 amide bonds. The maximum absolute atomic E-state index is 11.8. The van der Waals surface area contributed by atoms with Crippen LogP contribution in [0.3, 0.4) is 0 Å². The van der Waals surface area contributed by atoms with E-state index in [1.807, 2.05) is 11.8 Å². The lowest BCUT2D eigenvalue weighted by molar-refractivity contribution is -0.128. The maximum Gasteiger partial charge on any atom is 0.409 e. The smallest absolute Gasteiger partial charge is 0.409 e. The molecule has 1 aromatic carbocycles. The molecular weight excluding hydrogens is 382 g/mol. The Balaban J connectivity index is 1.41. The number of likely N-dealkylation sites (tertiary alicyclic amines) is 2. The first-order chi connectivity index (χ1) is 14.6. The van der Waals surface area contributed by atoms with Crippen molar-refractivity contribution in [2.45, 2.75) is 51.7 Å². The number of nitrogens with one attached hydrogen (secondary N) is 2. The number of ether oxygens (including phenoxy) is 1. The topological polar surface area (TPSA) is 86.3 Å². The van der Waals surface area contributed by atoms with Crippen LogP contribution in [-0.2, 0) is 22.6 Å². The summed E-state index contributed by atoms with van der Waals surface area (Å²) in [6.07, 6.45) is 3.15. The van der Waals surface area contributed by atoms with E-state index in [9.17, 15) is 9.59 Å². The SMILES string of the molecule is CCOC(=O)N1CCC(NC(=NC)NCc2ccc(CN3CCCC3=O)cc2)CC1. The lowest BCUT2D eigenvalue weighted by Crippen LogP contribution is -2.49.